The summed E-state index contributed by atoms with van der Waals surface area (Å²) in [7, 11) is 0. The second-order valence-electron chi connectivity index (χ2n) is 7.09. The molecule has 0 spiro atoms. The number of carboxylic acid groups (broad SMARTS) is 1. The van der Waals surface area contributed by atoms with Crippen LogP contribution in [-0.2, 0) is 4.79 Å². The molecule has 0 heterocycles. The molecule has 1 atom stereocenters. The van der Waals surface area contributed by atoms with Crippen LogP contribution in [0.3, 0.4) is 0 Å². The zero-order chi connectivity index (χ0) is 22.0. The van der Waals surface area contributed by atoms with E-state index in [1.54, 1.807) is 66.7 Å². The molecule has 0 aromatic heterocycles. The summed E-state index contributed by atoms with van der Waals surface area (Å²) in [5.41, 5.74) is 6.56. The first-order chi connectivity index (χ1) is 14.9. The SMILES string of the molecule is NC(=O)C(c1ccc(Oc2ccc3cc(O)ccc3c2)cc1)c1ccccc1C(=O)O. The van der Waals surface area contributed by atoms with Crippen molar-refractivity contribution in [3.63, 3.8) is 0 Å². The molecule has 0 aliphatic heterocycles. The fourth-order valence-electron chi connectivity index (χ4n) is 3.58. The number of aromatic carboxylic acids is 1. The molecule has 4 aromatic carbocycles. The van der Waals surface area contributed by atoms with Crippen LogP contribution in [0.2, 0.25) is 0 Å². The van der Waals surface area contributed by atoms with Crippen LogP contribution < -0.4 is 10.5 Å². The van der Waals surface area contributed by atoms with Crippen molar-refractivity contribution in [3.05, 3.63) is 102 Å². The first-order valence-electron chi connectivity index (χ1n) is 9.54. The van der Waals surface area contributed by atoms with Gasteiger partial charge < -0.3 is 20.7 Å². The van der Waals surface area contributed by atoms with Crippen molar-refractivity contribution in [2.75, 3.05) is 0 Å². The molecular weight excluding hydrogens is 394 g/mol. The van der Waals surface area contributed by atoms with E-state index in [9.17, 15) is 19.8 Å². The molecule has 4 N–H and O–H groups in total. The second-order valence-corrected chi connectivity index (χ2v) is 7.09. The fourth-order valence-corrected chi connectivity index (χ4v) is 3.58. The average molecular weight is 413 g/mol. The number of hydrogen-bond donors (Lipinski definition) is 3. The number of ether oxygens (including phenoxy) is 1. The molecule has 1 unspecified atom stereocenters. The van der Waals surface area contributed by atoms with Crippen LogP contribution in [0.15, 0.2) is 84.9 Å². The van der Waals surface area contributed by atoms with Gasteiger partial charge in [-0.3, -0.25) is 4.79 Å². The van der Waals surface area contributed by atoms with Crippen molar-refractivity contribution in [3.8, 4) is 17.2 Å². The molecule has 0 radical (unpaired) electrons. The number of carboxylic acids is 1. The Labute approximate surface area is 178 Å². The number of benzene rings is 4. The molecule has 6 nitrogen and oxygen atoms in total. The van der Waals surface area contributed by atoms with E-state index >= 15 is 0 Å². The minimum Gasteiger partial charge on any atom is -0.508 e. The smallest absolute Gasteiger partial charge is 0.335 e. The molecule has 4 rings (SSSR count). The van der Waals surface area contributed by atoms with E-state index in [1.165, 1.54) is 6.07 Å². The van der Waals surface area contributed by atoms with Gasteiger partial charge in [-0.05, 0) is 64.4 Å². The Bertz CT molecular complexity index is 1280. The summed E-state index contributed by atoms with van der Waals surface area (Å²) in [6.07, 6.45) is 0. The molecule has 0 saturated heterocycles. The molecule has 31 heavy (non-hydrogen) atoms. The minimum atomic E-state index is -1.12. The lowest BCUT2D eigenvalue weighted by atomic mass is 9.87. The van der Waals surface area contributed by atoms with Gasteiger partial charge in [0.15, 0.2) is 0 Å². The highest BCUT2D eigenvalue weighted by Crippen LogP contribution is 2.31. The summed E-state index contributed by atoms with van der Waals surface area (Å²) < 4.78 is 5.91. The molecule has 0 aliphatic rings. The molecule has 4 aromatic rings. The molecule has 0 aliphatic carbocycles. The van der Waals surface area contributed by atoms with Crippen LogP contribution in [0.25, 0.3) is 10.8 Å². The molecule has 6 heteroatoms. The molecule has 0 saturated carbocycles. The van der Waals surface area contributed by atoms with E-state index in [-0.39, 0.29) is 11.3 Å². The zero-order valence-electron chi connectivity index (χ0n) is 16.4. The maximum atomic E-state index is 12.2. The Morgan fingerprint density at radius 2 is 1.45 bits per heavy atom. The van der Waals surface area contributed by atoms with Gasteiger partial charge in [-0.1, -0.05) is 42.5 Å². The summed E-state index contributed by atoms with van der Waals surface area (Å²) in [4.78, 5) is 23.7. The van der Waals surface area contributed by atoms with Crippen molar-refractivity contribution in [2.24, 2.45) is 5.73 Å². The van der Waals surface area contributed by atoms with Gasteiger partial charge in [0, 0.05) is 0 Å². The predicted molar refractivity (Wildman–Crippen MR) is 117 cm³/mol. The van der Waals surface area contributed by atoms with Gasteiger partial charge in [0.05, 0.1) is 11.5 Å². The van der Waals surface area contributed by atoms with Crippen LogP contribution in [0.5, 0.6) is 17.2 Å². The summed E-state index contributed by atoms with van der Waals surface area (Å²) in [5.74, 6) is -1.28. The van der Waals surface area contributed by atoms with E-state index in [0.717, 1.165) is 10.8 Å². The molecule has 0 fully saturated rings. The number of phenolic OH excluding ortho intramolecular Hbond substituents is 1. The van der Waals surface area contributed by atoms with Gasteiger partial charge >= 0.3 is 5.97 Å². The van der Waals surface area contributed by atoms with Gasteiger partial charge in [0.1, 0.15) is 17.2 Å². The van der Waals surface area contributed by atoms with E-state index in [0.29, 0.717) is 22.6 Å². The van der Waals surface area contributed by atoms with E-state index in [2.05, 4.69) is 0 Å². The second kappa shape index (κ2) is 8.20. The lowest BCUT2D eigenvalue weighted by Gasteiger charge is -2.17. The lowest BCUT2D eigenvalue weighted by Crippen LogP contribution is -2.24. The van der Waals surface area contributed by atoms with Crippen LogP contribution in [0.1, 0.15) is 27.4 Å². The van der Waals surface area contributed by atoms with Crippen LogP contribution in [0.4, 0.5) is 0 Å². The quantitative estimate of drug-likeness (QED) is 0.426. The summed E-state index contributed by atoms with van der Waals surface area (Å²) >= 11 is 0. The third-order valence-electron chi connectivity index (χ3n) is 5.03. The first kappa shape index (κ1) is 20.0. The average Bonchev–Trinajstić information content (AvgIpc) is 2.75. The topological polar surface area (TPSA) is 110 Å². The highest BCUT2D eigenvalue weighted by molar-refractivity contribution is 5.94. The van der Waals surface area contributed by atoms with Crippen molar-refractivity contribution >= 4 is 22.6 Å². The van der Waals surface area contributed by atoms with E-state index in [4.69, 9.17) is 10.5 Å². The highest BCUT2D eigenvalue weighted by Gasteiger charge is 2.25. The summed E-state index contributed by atoms with van der Waals surface area (Å²) in [5, 5.41) is 20.8. The number of rotatable bonds is 6. The zero-order valence-corrected chi connectivity index (χ0v) is 16.4. The van der Waals surface area contributed by atoms with E-state index in [1.807, 2.05) is 12.1 Å². The first-order valence-corrected chi connectivity index (χ1v) is 9.54. The van der Waals surface area contributed by atoms with Gasteiger partial charge in [-0.15, -0.1) is 0 Å². The van der Waals surface area contributed by atoms with Gasteiger partial charge in [0.25, 0.3) is 0 Å². The third-order valence-corrected chi connectivity index (χ3v) is 5.03. The maximum Gasteiger partial charge on any atom is 0.335 e. The van der Waals surface area contributed by atoms with Crippen molar-refractivity contribution in [2.45, 2.75) is 5.92 Å². The molecule has 154 valence electrons. The predicted octanol–water partition coefficient (Wildman–Crippen LogP) is 4.65. The maximum absolute atomic E-state index is 12.2. The van der Waals surface area contributed by atoms with Crippen LogP contribution in [-0.4, -0.2) is 22.1 Å². The largest absolute Gasteiger partial charge is 0.508 e. The lowest BCUT2D eigenvalue weighted by molar-refractivity contribution is -0.118. The van der Waals surface area contributed by atoms with Gasteiger partial charge in [-0.2, -0.15) is 0 Å². The van der Waals surface area contributed by atoms with Gasteiger partial charge in [-0.25, -0.2) is 4.79 Å². The number of aromatic hydroxyl groups is 1. The Hall–Kier alpha value is -4.32. The number of carbonyl (C=O) groups is 2. The summed E-state index contributed by atoms with van der Waals surface area (Å²) in [6, 6.07) is 23.7. The minimum absolute atomic E-state index is 0.0360. The van der Waals surface area contributed by atoms with E-state index < -0.39 is 17.8 Å². The van der Waals surface area contributed by atoms with Crippen molar-refractivity contribution < 1.29 is 24.5 Å². The Morgan fingerprint density at radius 1 is 0.806 bits per heavy atom. The highest BCUT2D eigenvalue weighted by atomic mass is 16.5. The van der Waals surface area contributed by atoms with Crippen LogP contribution >= 0.6 is 0 Å². The summed E-state index contributed by atoms with van der Waals surface area (Å²) in [6.45, 7) is 0. The number of phenols is 1. The monoisotopic (exact) mass is 413 g/mol. The van der Waals surface area contributed by atoms with Crippen molar-refractivity contribution in [1.82, 2.24) is 0 Å². The Morgan fingerprint density at radius 3 is 2.16 bits per heavy atom. The Balaban J connectivity index is 1.62. The normalized spacial score (nSPS) is 11.7. The standard InChI is InChI=1S/C25H19NO5/c26-24(28)23(21-3-1-2-4-22(21)25(29)30)15-6-10-19(11-7-15)31-20-12-8-16-13-18(27)9-5-17(16)14-20/h1-14,23,27H,(H2,26,28)(H,29,30). The fraction of sp³-hybridized carbons (Fsp3) is 0.0400. The number of nitrogens with two attached hydrogens (primary N) is 1. The van der Waals surface area contributed by atoms with Crippen LogP contribution in [0, 0.1) is 0 Å². The number of amides is 1. The Kier molecular flexibility index (Phi) is 5.28. The molecular formula is C25H19NO5. The third kappa shape index (κ3) is 4.18. The van der Waals surface area contributed by atoms with Crippen molar-refractivity contribution in [1.29, 1.82) is 0 Å². The number of hydrogen-bond acceptors (Lipinski definition) is 4. The number of carbonyl (C=O) groups excluding carboxylic acids is 1. The number of fused-ring (bicyclic) bond motifs is 1. The molecule has 0 bridgehead atoms. The number of primary amides is 1. The van der Waals surface area contributed by atoms with Gasteiger partial charge in [0.2, 0.25) is 5.91 Å². The molecule has 1 amide bonds.